The molecule has 2 aromatic rings. The first kappa shape index (κ1) is 21.6. The van der Waals surface area contributed by atoms with E-state index in [1.165, 1.54) is 19.8 Å². The Morgan fingerprint density at radius 3 is 2.07 bits per heavy atom. The summed E-state index contributed by atoms with van der Waals surface area (Å²) in [6, 6.07) is 7.44. The van der Waals surface area contributed by atoms with Crippen LogP contribution >= 0.6 is 0 Å². The fraction of sp³-hybridized carbons (Fsp3) is 0.435. The Hall–Kier alpha value is -3.09. The van der Waals surface area contributed by atoms with Gasteiger partial charge >= 0.3 is 0 Å². The van der Waals surface area contributed by atoms with E-state index in [4.69, 9.17) is 23.7 Å². The van der Waals surface area contributed by atoms with Crippen LogP contribution < -0.4 is 23.7 Å². The van der Waals surface area contributed by atoms with Gasteiger partial charge in [-0.1, -0.05) is 0 Å². The highest BCUT2D eigenvalue weighted by atomic mass is 16.5. The lowest BCUT2D eigenvalue weighted by atomic mass is 9.98. The molecule has 0 N–H and O–H groups in total. The zero-order valence-electron chi connectivity index (χ0n) is 18.2. The molecule has 162 valence electrons. The molecular formula is C23H29NO6. The predicted molar refractivity (Wildman–Crippen MR) is 113 cm³/mol. The van der Waals surface area contributed by atoms with Crippen LogP contribution in [0.4, 0.5) is 0 Å². The van der Waals surface area contributed by atoms with Gasteiger partial charge in [-0.15, -0.1) is 0 Å². The Morgan fingerprint density at radius 1 is 0.867 bits per heavy atom. The maximum Gasteiger partial charge on any atom is 0.258 e. The second-order valence-corrected chi connectivity index (χ2v) is 6.79. The van der Waals surface area contributed by atoms with Gasteiger partial charge in [-0.25, -0.2) is 0 Å². The molecule has 0 bridgehead atoms. The normalized spacial score (nSPS) is 12.8. The van der Waals surface area contributed by atoms with E-state index in [1.807, 2.05) is 30.9 Å². The van der Waals surface area contributed by atoms with E-state index in [9.17, 15) is 4.79 Å². The lowest BCUT2D eigenvalue weighted by molar-refractivity contribution is 0.0730. The van der Waals surface area contributed by atoms with Crippen LogP contribution in [0.15, 0.2) is 24.3 Å². The number of hydrogen-bond acceptors (Lipinski definition) is 6. The quantitative estimate of drug-likeness (QED) is 0.655. The summed E-state index contributed by atoms with van der Waals surface area (Å²) in [6.45, 7) is 6.09. The van der Waals surface area contributed by atoms with Gasteiger partial charge in [-0.05, 0) is 55.7 Å². The molecular weight excluding hydrogens is 386 g/mol. The van der Waals surface area contributed by atoms with Crippen LogP contribution in [0.2, 0.25) is 0 Å². The Labute approximate surface area is 177 Å². The molecule has 0 saturated carbocycles. The molecule has 0 aliphatic carbocycles. The minimum atomic E-state index is -0.120. The van der Waals surface area contributed by atoms with Gasteiger partial charge in [0, 0.05) is 13.1 Å². The third-order valence-corrected chi connectivity index (χ3v) is 5.10. The average Bonchev–Trinajstić information content (AvgIpc) is 2.77. The molecule has 2 aromatic carbocycles. The fourth-order valence-electron chi connectivity index (χ4n) is 3.71. The van der Waals surface area contributed by atoms with E-state index >= 15 is 0 Å². The van der Waals surface area contributed by atoms with Crippen molar-refractivity contribution in [3.05, 3.63) is 41.0 Å². The predicted octanol–water partition coefficient (Wildman–Crippen LogP) is 3.71. The van der Waals surface area contributed by atoms with Crippen LogP contribution in [0.5, 0.6) is 28.7 Å². The van der Waals surface area contributed by atoms with E-state index in [2.05, 4.69) is 0 Å². The minimum Gasteiger partial charge on any atom is -0.493 e. The van der Waals surface area contributed by atoms with Gasteiger partial charge in [0.2, 0.25) is 5.75 Å². The second-order valence-electron chi connectivity index (χ2n) is 6.79. The first-order chi connectivity index (χ1) is 14.6. The molecule has 0 fully saturated rings. The highest BCUT2D eigenvalue weighted by molar-refractivity contribution is 5.98. The summed E-state index contributed by atoms with van der Waals surface area (Å²) in [5, 5.41) is 0. The van der Waals surface area contributed by atoms with E-state index in [-0.39, 0.29) is 5.91 Å². The third kappa shape index (κ3) is 4.10. The fourth-order valence-corrected chi connectivity index (χ4v) is 3.71. The molecule has 1 heterocycles. The number of nitrogens with zero attached hydrogens (tertiary/aromatic N) is 1. The van der Waals surface area contributed by atoms with Crippen molar-refractivity contribution in [1.82, 2.24) is 4.90 Å². The molecule has 7 heteroatoms. The molecule has 1 aliphatic rings. The van der Waals surface area contributed by atoms with Crippen molar-refractivity contribution in [2.45, 2.75) is 26.8 Å². The van der Waals surface area contributed by atoms with Gasteiger partial charge in [-0.3, -0.25) is 4.79 Å². The number of carbonyl (C=O) groups excluding carboxylic acids is 1. The highest BCUT2D eigenvalue weighted by Crippen LogP contribution is 2.41. The summed E-state index contributed by atoms with van der Waals surface area (Å²) in [5.74, 6) is 2.62. The molecule has 0 spiro atoms. The number of hydrogen-bond donors (Lipinski definition) is 0. The van der Waals surface area contributed by atoms with Gasteiger partial charge in [0.25, 0.3) is 5.91 Å². The maximum absolute atomic E-state index is 13.3. The Bertz CT molecular complexity index is 911. The monoisotopic (exact) mass is 415 g/mol. The largest absolute Gasteiger partial charge is 0.493 e. The third-order valence-electron chi connectivity index (χ3n) is 5.10. The average molecular weight is 415 g/mol. The van der Waals surface area contributed by atoms with Crippen molar-refractivity contribution in [3.8, 4) is 28.7 Å². The van der Waals surface area contributed by atoms with E-state index in [1.54, 1.807) is 19.2 Å². The van der Waals surface area contributed by atoms with Crippen molar-refractivity contribution in [2.24, 2.45) is 0 Å². The summed E-state index contributed by atoms with van der Waals surface area (Å²) in [7, 11) is 4.59. The smallest absolute Gasteiger partial charge is 0.258 e. The van der Waals surface area contributed by atoms with E-state index in [0.717, 1.165) is 17.7 Å². The van der Waals surface area contributed by atoms with E-state index in [0.29, 0.717) is 54.9 Å². The molecule has 3 rings (SSSR count). The number of fused-ring (bicyclic) bond motifs is 1. The number of ether oxygens (including phenoxy) is 5. The van der Waals surface area contributed by atoms with Crippen LogP contribution in [0.25, 0.3) is 0 Å². The number of benzene rings is 2. The van der Waals surface area contributed by atoms with E-state index < -0.39 is 0 Å². The number of rotatable bonds is 8. The standard InChI is InChI=1S/C23H29NO6/c1-6-29-19-12-15-10-11-24(14-16(15)13-20(19)30-7-2)23(25)17-8-9-18(26-3)22(28-5)21(17)27-4/h8-9,12-13H,6-7,10-11,14H2,1-5H3. The summed E-state index contributed by atoms with van der Waals surface area (Å²) >= 11 is 0. The van der Waals surface area contributed by atoms with Crippen LogP contribution in [0.1, 0.15) is 35.3 Å². The molecule has 7 nitrogen and oxygen atoms in total. The minimum absolute atomic E-state index is 0.120. The van der Waals surface area contributed by atoms with Crippen molar-refractivity contribution >= 4 is 5.91 Å². The van der Waals surface area contributed by atoms with Gasteiger partial charge in [0.1, 0.15) is 0 Å². The van der Waals surface area contributed by atoms with Crippen molar-refractivity contribution in [1.29, 1.82) is 0 Å². The zero-order valence-corrected chi connectivity index (χ0v) is 18.2. The molecule has 0 radical (unpaired) electrons. The first-order valence-corrected chi connectivity index (χ1v) is 10.1. The van der Waals surface area contributed by atoms with Crippen molar-refractivity contribution in [3.63, 3.8) is 0 Å². The summed E-state index contributed by atoms with van der Waals surface area (Å²) < 4.78 is 27.7. The van der Waals surface area contributed by atoms with Gasteiger partial charge in [-0.2, -0.15) is 0 Å². The molecule has 1 amide bonds. The maximum atomic E-state index is 13.3. The van der Waals surface area contributed by atoms with Gasteiger partial charge in [0.15, 0.2) is 23.0 Å². The van der Waals surface area contributed by atoms with Crippen LogP contribution in [-0.4, -0.2) is 51.9 Å². The molecule has 0 atom stereocenters. The zero-order chi connectivity index (χ0) is 21.7. The van der Waals surface area contributed by atoms with Crippen LogP contribution in [0.3, 0.4) is 0 Å². The number of methoxy groups -OCH3 is 3. The van der Waals surface area contributed by atoms with Gasteiger partial charge < -0.3 is 28.6 Å². The second kappa shape index (κ2) is 9.61. The first-order valence-electron chi connectivity index (χ1n) is 10.1. The molecule has 30 heavy (non-hydrogen) atoms. The summed E-state index contributed by atoms with van der Waals surface area (Å²) in [5.41, 5.74) is 2.67. The molecule has 0 aromatic heterocycles. The summed E-state index contributed by atoms with van der Waals surface area (Å²) in [4.78, 5) is 15.1. The van der Waals surface area contributed by atoms with Gasteiger partial charge in [0.05, 0.1) is 40.1 Å². The van der Waals surface area contributed by atoms with Crippen LogP contribution in [0, 0.1) is 0 Å². The lowest BCUT2D eigenvalue weighted by Gasteiger charge is -2.30. The Balaban J connectivity index is 1.91. The molecule has 0 unspecified atom stereocenters. The molecule has 1 aliphatic heterocycles. The molecule has 0 saturated heterocycles. The number of amides is 1. The van der Waals surface area contributed by atoms with Crippen LogP contribution in [-0.2, 0) is 13.0 Å². The lowest BCUT2D eigenvalue weighted by Crippen LogP contribution is -2.36. The van der Waals surface area contributed by atoms with Crippen molar-refractivity contribution < 1.29 is 28.5 Å². The topological polar surface area (TPSA) is 66.5 Å². The van der Waals surface area contributed by atoms with Crippen molar-refractivity contribution in [2.75, 3.05) is 41.1 Å². The number of carbonyl (C=O) groups is 1. The SMILES string of the molecule is CCOc1cc2c(cc1OCC)CN(C(=O)c1ccc(OC)c(OC)c1OC)CC2. The Kier molecular flexibility index (Phi) is 6.92. The highest BCUT2D eigenvalue weighted by Gasteiger charge is 2.28. The summed E-state index contributed by atoms with van der Waals surface area (Å²) in [6.07, 6.45) is 0.739. The Morgan fingerprint density at radius 2 is 1.50 bits per heavy atom.